The maximum absolute atomic E-state index is 0. The summed E-state index contributed by atoms with van der Waals surface area (Å²) in [6, 6.07) is 0. The summed E-state index contributed by atoms with van der Waals surface area (Å²) in [5.41, 5.74) is 0. The Morgan fingerprint density at radius 3 is 1.00 bits per heavy atom. The monoisotopic (exact) mass is 534 g/mol. The number of hydrogen-bond acceptors (Lipinski definition) is 0. The van der Waals surface area contributed by atoms with Gasteiger partial charge in [0.1, 0.15) is 0 Å². The van der Waals surface area contributed by atoms with Gasteiger partial charge in [0.2, 0.25) is 0 Å². The van der Waals surface area contributed by atoms with Crippen LogP contribution in [-0.2, 0) is 26.2 Å². The first-order chi connectivity index (χ1) is 0. The Morgan fingerprint density at radius 2 is 1.00 bits per heavy atom. The summed E-state index contributed by atoms with van der Waals surface area (Å²) in [5.74, 6) is 0. The molecule has 4 heteroatoms. The second kappa shape index (κ2) is 16.1. The van der Waals surface area contributed by atoms with E-state index in [0.29, 0.717) is 0 Å². The van der Waals surface area contributed by atoms with Gasteiger partial charge in [-0.2, -0.15) is 0 Å². The first-order valence-corrected chi connectivity index (χ1v) is 0. The molecule has 0 spiro atoms. The third kappa shape index (κ3) is 9.06. The average Bonchev–Trinajstić information content (AvgIpc) is 0. The molecule has 0 aromatic heterocycles. The first-order valence-electron chi connectivity index (χ1n) is 0. The van der Waals surface area contributed by atoms with Crippen molar-refractivity contribution < 1.29 is 26.2 Å². The first kappa shape index (κ1) is 26.1. The van der Waals surface area contributed by atoms with Crippen LogP contribution in [0.3, 0.4) is 0 Å². The van der Waals surface area contributed by atoms with Crippen LogP contribution in [0.15, 0.2) is 0 Å². The van der Waals surface area contributed by atoms with Gasteiger partial charge in [0.15, 0.2) is 0 Å². The van der Waals surface area contributed by atoms with Crippen LogP contribution < -0.4 is 0 Å². The largest absolute Gasteiger partial charge is 0 e. The van der Waals surface area contributed by atoms with Crippen LogP contribution in [0.5, 0.6) is 0 Å². The Bertz CT molecular complexity index is 8.00. The molecule has 0 N–H and O–H groups in total. The van der Waals surface area contributed by atoms with E-state index in [9.17, 15) is 0 Å². The fraction of sp³-hybridized carbons (Fsp3) is 0. The zero-order chi connectivity index (χ0) is 0. The van der Waals surface area contributed by atoms with Crippen LogP contribution in [0.2, 0.25) is 0 Å². The van der Waals surface area contributed by atoms with Crippen LogP contribution in [-0.4, -0.2) is 76.0 Å². The van der Waals surface area contributed by atoms with Crippen molar-refractivity contribution in [3.05, 3.63) is 0 Å². The summed E-state index contributed by atoms with van der Waals surface area (Å²) in [6.45, 7) is 0. The van der Waals surface area contributed by atoms with Crippen molar-refractivity contribution in [2.24, 2.45) is 0 Å². The topological polar surface area (TPSA) is 0 Å². The summed E-state index contributed by atoms with van der Waals surface area (Å²) in [6.07, 6.45) is 0. The summed E-state index contributed by atoms with van der Waals surface area (Å²) < 4.78 is 0. The van der Waals surface area contributed by atoms with Crippen molar-refractivity contribution in [1.29, 1.82) is 0 Å². The van der Waals surface area contributed by atoms with E-state index in [-0.39, 0.29) is 102 Å². The van der Waals surface area contributed by atoms with Crippen LogP contribution in [0.1, 0.15) is 0 Å². The quantitative estimate of drug-likeness (QED) is 0.346. The molecule has 0 unspecified atom stereocenters. The van der Waals surface area contributed by atoms with Gasteiger partial charge in [-0.15, -0.1) is 0 Å². The third-order valence-electron chi connectivity index (χ3n) is 0. The third-order valence-corrected chi connectivity index (χ3v) is 0. The minimum absolute atomic E-state index is 0. The van der Waals surface area contributed by atoms with Crippen molar-refractivity contribution >= 4 is 76.0 Å². The summed E-state index contributed by atoms with van der Waals surface area (Å²) in [7, 11) is 0. The SMILES string of the molecule is [Bi].[In].[Sn].[Zr]. The van der Waals surface area contributed by atoms with E-state index >= 15 is 0 Å². The van der Waals surface area contributed by atoms with E-state index in [1.807, 2.05) is 0 Å². The zero-order valence-corrected chi connectivity index (χ0v) is 14.1. The van der Waals surface area contributed by atoms with Gasteiger partial charge in [-0.1, -0.05) is 0 Å². The van der Waals surface area contributed by atoms with Gasteiger partial charge in [-0.05, 0) is 0 Å². The van der Waals surface area contributed by atoms with Crippen LogP contribution >= 0.6 is 0 Å². The molecule has 0 aliphatic carbocycles. The minimum atomic E-state index is 0. The van der Waals surface area contributed by atoms with E-state index in [1.54, 1.807) is 0 Å². The predicted octanol–water partition coefficient (Wildman–Crippen LogP) is -1.14. The van der Waals surface area contributed by atoms with Gasteiger partial charge < -0.3 is 0 Å². The van der Waals surface area contributed by atoms with Gasteiger partial charge in [0, 0.05) is 102 Å². The Kier molecular flexibility index (Phi) is 105. The average molecular weight is 534 g/mol. The zero-order valence-electron chi connectivity index (χ0n) is 2.02. The Balaban J connectivity index is 0. The van der Waals surface area contributed by atoms with Crippen molar-refractivity contribution in [3.63, 3.8) is 0 Å². The Morgan fingerprint density at radius 1 is 1.00 bits per heavy atom. The molecule has 0 heterocycles. The molecule has 0 atom stereocenters. The van der Waals surface area contributed by atoms with Gasteiger partial charge >= 0.3 is 0 Å². The molecule has 0 saturated heterocycles. The molecule has 0 nitrogen and oxygen atoms in total. The molecule has 0 aromatic carbocycles. The summed E-state index contributed by atoms with van der Waals surface area (Å²) in [5, 5.41) is 0. The van der Waals surface area contributed by atoms with E-state index in [0.717, 1.165) is 0 Å². The molecule has 0 aliphatic rings. The number of rotatable bonds is 0. The molecule has 0 bridgehead atoms. The van der Waals surface area contributed by atoms with Crippen molar-refractivity contribution in [1.82, 2.24) is 0 Å². The molecular formula is BiInSnZr. The standard InChI is InChI=1S/Bi.In.Sn.Zr. The van der Waals surface area contributed by atoms with E-state index < -0.39 is 0 Å². The molecule has 0 aromatic rings. The Hall–Kier alpha value is 3.44. The maximum atomic E-state index is 0. The van der Waals surface area contributed by atoms with Crippen LogP contribution in [0.25, 0.3) is 0 Å². The summed E-state index contributed by atoms with van der Waals surface area (Å²) in [4.78, 5) is 0. The molecule has 0 fully saturated rings. The van der Waals surface area contributed by atoms with Crippen LogP contribution in [0.4, 0.5) is 0 Å². The molecule has 0 amide bonds. The fourth-order valence-corrected chi connectivity index (χ4v) is 0. The predicted molar refractivity (Wildman–Crippen MR) is 17.3 cm³/mol. The van der Waals surface area contributed by atoms with E-state index in [2.05, 4.69) is 0 Å². The molecule has 0 saturated carbocycles. The minimum Gasteiger partial charge on any atom is 0 e. The van der Waals surface area contributed by atoms with E-state index in [4.69, 9.17) is 0 Å². The van der Waals surface area contributed by atoms with Gasteiger partial charge in [-0.3, -0.25) is 0 Å². The van der Waals surface area contributed by atoms with Crippen LogP contribution in [0, 0.1) is 0 Å². The van der Waals surface area contributed by atoms with Gasteiger partial charge in [-0.25, -0.2) is 0 Å². The summed E-state index contributed by atoms with van der Waals surface area (Å²) >= 11 is 0. The smallest absolute Gasteiger partial charge is 0 e. The van der Waals surface area contributed by atoms with E-state index in [1.165, 1.54) is 0 Å². The Labute approximate surface area is 99.9 Å². The van der Waals surface area contributed by atoms with Gasteiger partial charge in [0.25, 0.3) is 0 Å². The second-order valence-corrected chi connectivity index (χ2v) is 0. The molecule has 0 aliphatic heterocycles. The number of hydrogen-bond donors (Lipinski definition) is 0. The van der Waals surface area contributed by atoms with Crippen molar-refractivity contribution in [2.75, 3.05) is 0 Å². The second-order valence-electron chi connectivity index (χ2n) is 0. The normalized spacial score (nSPS) is 0. The molecular weight excluding hydrogens is 534 g/mol. The fourth-order valence-electron chi connectivity index (χ4n) is 0. The molecule has 10 radical (unpaired) electrons. The molecule has 16 valence electrons. The maximum Gasteiger partial charge on any atom is 0 e. The molecule has 4 heavy (non-hydrogen) atoms. The van der Waals surface area contributed by atoms with Crippen molar-refractivity contribution in [2.45, 2.75) is 0 Å². The molecule has 0 rings (SSSR count). The van der Waals surface area contributed by atoms with Gasteiger partial charge in [0.05, 0.1) is 0 Å². The van der Waals surface area contributed by atoms with Crippen molar-refractivity contribution in [3.8, 4) is 0 Å².